The monoisotopic (exact) mass is 311 g/mol. The smallest absolute Gasteiger partial charge is 0.340 e. The van der Waals surface area contributed by atoms with Crippen LogP contribution in [-0.4, -0.2) is 51.2 Å². The Bertz CT molecular complexity index is 528. The highest BCUT2D eigenvalue weighted by Crippen LogP contribution is 2.35. The number of esters is 1. The SMILES string of the molecule is COC(=O)c1cc(N)cc(Cl)c1N(C)C1CCN(C)CC1. The van der Waals surface area contributed by atoms with E-state index in [1.807, 2.05) is 7.05 Å². The lowest BCUT2D eigenvalue weighted by Gasteiger charge is -2.37. The molecule has 116 valence electrons. The molecule has 0 spiro atoms. The number of hydrogen-bond acceptors (Lipinski definition) is 5. The molecular formula is C15H22ClN3O2. The van der Waals surface area contributed by atoms with E-state index in [1.165, 1.54) is 7.11 Å². The molecule has 1 heterocycles. The van der Waals surface area contributed by atoms with Gasteiger partial charge in [0.25, 0.3) is 0 Å². The van der Waals surface area contributed by atoms with Crippen molar-refractivity contribution >= 4 is 28.9 Å². The second-order valence-corrected chi connectivity index (χ2v) is 5.94. The first-order valence-corrected chi connectivity index (χ1v) is 7.40. The van der Waals surface area contributed by atoms with Crippen molar-refractivity contribution in [2.24, 2.45) is 0 Å². The molecular weight excluding hydrogens is 290 g/mol. The number of methoxy groups -OCH3 is 1. The maximum atomic E-state index is 12.0. The standard InChI is InChI=1S/C15H22ClN3O2/c1-18-6-4-11(5-7-18)19(2)14-12(15(20)21-3)8-10(17)9-13(14)16/h8-9,11H,4-7,17H2,1-3H3. The van der Waals surface area contributed by atoms with Crippen molar-refractivity contribution in [3.63, 3.8) is 0 Å². The van der Waals surface area contributed by atoms with Crippen LogP contribution >= 0.6 is 11.6 Å². The van der Waals surface area contributed by atoms with Gasteiger partial charge < -0.3 is 20.3 Å². The Labute approximate surface area is 130 Å². The van der Waals surface area contributed by atoms with Gasteiger partial charge in [-0.2, -0.15) is 0 Å². The van der Waals surface area contributed by atoms with E-state index >= 15 is 0 Å². The second kappa shape index (κ2) is 6.54. The van der Waals surface area contributed by atoms with Crippen LogP contribution in [0.5, 0.6) is 0 Å². The highest BCUT2D eigenvalue weighted by Gasteiger charge is 2.26. The maximum absolute atomic E-state index is 12.0. The molecule has 0 atom stereocenters. The third-order valence-electron chi connectivity index (χ3n) is 4.08. The molecule has 1 fully saturated rings. The van der Waals surface area contributed by atoms with Gasteiger partial charge in [-0.3, -0.25) is 0 Å². The summed E-state index contributed by atoms with van der Waals surface area (Å²) < 4.78 is 4.85. The van der Waals surface area contributed by atoms with E-state index in [-0.39, 0.29) is 0 Å². The number of hydrogen-bond donors (Lipinski definition) is 1. The molecule has 0 unspecified atom stereocenters. The number of nitrogens with zero attached hydrogens (tertiary/aromatic N) is 2. The van der Waals surface area contributed by atoms with Gasteiger partial charge in [-0.05, 0) is 45.1 Å². The minimum Gasteiger partial charge on any atom is -0.465 e. The molecule has 0 aliphatic carbocycles. The van der Waals surface area contributed by atoms with E-state index in [2.05, 4.69) is 16.8 Å². The predicted octanol–water partition coefficient (Wildman–Crippen LogP) is 2.24. The van der Waals surface area contributed by atoms with Crippen molar-refractivity contribution in [1.29, 1.82) is 0 Å². The zero-order chi connectivity index (χ0) is 15.6. The number of benzene rings is 1. The summed E-state index contributed by atoms with van der Waals surface area (Å²) in [5.41, 5.74) is 7.38. The molecule has 1 aliphatic rings. The van der Waals surface area contributed by atoms with Gasteiger partial charge in [-0.15, -0.1) is 0 Å². The fourth-order valence-electron chi connectivity index (χ4n) is 2.81. The van der Waals surface area contributed by atoms with Crippen LogP contribution in [0.25, 0.3) is 0 Å². The average Bonchev–Trinajstić information content (AvgIpc) is 2.45. The maximum Gasteiger partial charge on any atom is 0.340 e. The van der Waals surface area contributed by atoms with Gasteiger partial charge in [-0.1, -0.05) is 11.6 Å². The molecule has 1 saturated heterocycles. The number of piperidine rings is 1. The number of carbonyl (C=O) groups is 1. The highest BCUT2D eigenvalue weighted by atomic mass is 35.5. The van der Waals surface area contributed by atoms with Gasteiger partial charge in [0.15, 0.2) is 0 Å². The Morgan fingerprint density at radius 3 is 2.62 bits per heavy atom. The fraction of sp³-hybridized carbons (Fsp3) is 0.533. The van der Waals surface area contributed by atoms with Gasteiger partial charge >= 0.3 is 5.97 Å². The number of nitrogen functional groups attached to an aromatic ring is 1. The molecule has 2 rings (SSSR count). The van der Waals surface area contributed by atoms with E-state index in [0.717, 1.165) is 25.9 Å². The van der Waals surface area contributed by atoms with Crippen molar-refractivity contribution in [3.8, 4) is 0 Å². The summed E-state index contributed by atoms with van der Waals surface area (Å²) in [6.07, 6.45) is 2.07. The minimum atomic E-state index is -0.418. The molecule has 2 N–H and O–H groups in total. The number of anilines is 2. The number of nitrogens with two attached hydrogens (primary N) is 1. The van der Waals surface area contributed by atoms with Crippen LogP contribution in [-0.2, 0) is 4.74 Å². The first kappa shape index (κ1) is 15.9. The summed E-state index contributed by atoms with van der Waals surface area (Å²) in [5, 5.41) is 0.483. The lowest BCUT2D eigenvalue weighted by molar-refractivity contribution is 0.0601. The molecule has 0 aromatic heterocycles. The highest BCUT2D eigenvalue weighted by molar-refractivity contribution is 6.34. The molecule has 0 saturated carbocycles. The Hall–Kier alpha value is -1.46. The van der Waals surface area contributed by atoms with Crippen LogP contribution in [0.4, 0.5) is 11.4 Å². The Balaban J connectivity index is 2.35. The summed E-state index contributed by atoms with van der Waals surface area (Å²) in [4.78, 5) is 16.4. The summed E-state index contributed by atoms with van der Waals surface area (Å²) in [5.74, 6) is -0.418. The largest absolute Gasteiger partial charge is 0.465 e. The molecule has 6 heteroatoms. The fourth-order valence-corrected chi connectivity index (χ4v) is 3.17. The number of halogens is 1. The van der Waals surface area contributed by atoms with E-state index in [4.69, 9.17) is 22.1 Å². The number of likely N-dealkylation sites (tertiary alicyclic amines) is 1. The van der Waals surface area contributed by atoms with Crippen molar-refractivity contribution in [3.05, 3.63) is 22.7 Å². The topological polar surface area (TPSA) is 58.8 Å². The molecule has 0 bridgehead atoms. The van der Waals surface area contributed by atoms with Crippen LogP contribution < -0.4 is 10.6 Å². The number of carbonyl (C=O) groups excluding carboxylic acids is 1. The molecule has 1 aliphatic heterocycles. The Morgan fingerprint density at radius 2 is 2.05 bits per heavy atom. The van der Waals surface area contributed by atoms with Crippen molar-refractivity contribution in [2.45, 2.75) is 18.9 Å². The van der Waals surface area contributed by atoms with Gasteiger partial charge in [0.05, 0.1) is 23.4 Å². The average molecular weight is 312 g/mol. The molecule has 5 nitrogen and oxygen atoms in total. The van der Waals surface area contributed by atoms with Gasteiger partial charge in [0, 0.05) is 18.8 Å². The molecule has 0 radical (unpaired) electrons. The molecule has 0 amide bonds. The van der Waals surface area contributed by atoms with E-state index < -0.39 is 5.97 Å². The summed E-state index contributed by atoms with van der Waals surface area (Å²) >= 11 is 6.34. The number of ether oxygens (including phenoxy) is 1. The lowest BCUT2D eigenvalue weighted by atomic mass is 10.0. The van der Waals surface area contributed by atoms with Crippen LogP contribution in [0.2, 0.25) is 5.02 Å². The first-order valence-electron chi connectivity index (χ1n) is 7.02. The van der Waals surface area contributed by atoms with Crippen molar-refractivity contribution < 1.29 is 9.53 Å². The Morgan fingerprint density at radius 1 is 1.43 bits per heavy atom. The minimum absolute atomic E-state index is 0.353. The van der Waals surface area contributed by atoms with E-state index in [9.17, 15) is 4.79 Å². The quantitative estimate of drug-likeness (QED) is 0.685. The number of rotatable bonds is 3. The zero-order valence-corrected chi connectivity index (χ0v) is 13.5. The predicted molar refractivity (Wildman–Crippen MR) is 86.1 cm³/mol. The third-order valence-corrected chi connectivity index (χ3v) is 4.37. The lowest BCUT2D eigenvalue weighted by Crippen LogP contribution is -2.42. The summed E-state index contributed by atoms with van der Waals surface area (Å²) in [6.45, 7) is 2.07. The van der Waals surface area contributed by atoms with Crippen LogP contribution in [0.1, 0.15) is 23.2 Å². The van der Waals surface area contributed by atoms with Crippen molar-refractivity contribution in [2.75, 3.05) is 44.9 Å². The van der Waals surface area contributed by atoms with E-state index in [1.54, 1.807) is 12.1 Å². The third kappa shape index (κ3) is 3.41. The molecule has 1 aromatic rings. The molecule has 21 heavy (non-hydrogen) atoms. The van der Waals surface area contributed by atoms with Gasteiger partial charge in [-0.25, -0.2) is 4.79 Å². The van der Waals surface area contributed by atoms with Crippen LogP contribution in [0.15, 0.2) is 12.1 Å². The van der Waals surface area contributed by atoms with Crippen LogP contribution in [0, 0.1) is 0 Å². The zero-order valence-electron chi connectivity index (χ0n) is 12.7. The molecule has 1 aromatic carbocycles. The van der Waals surface area contributed by atoms with Gasteiger partial charge in [0.2, 0.25) is 0 Å². The second-order valence-electron chi connectivity index (χ2n) is 5.54. The summed E-state index contributed by atoms with van der Waals surface area (Å²) in [6, 6.07) is 3.65. The summed E-state index contributed by atoms with van der Waals surface area (Å²) in [7, 11) is 5.45. The van der Waals surface area contributed by atoms with Crippen LogP contribution in [0.3, 0.4) is 0 Å². The van der Waals surface area contributed by atoms with Gasteiger partial charge in [0.1, 0.15) is 0 Å². The Kier molecular flexibility index (Phi) is 4.96. The normalized spacial score (nSPS) is 16.8. The first-order chi connectivity index (χ1) is 9.93. The van der Waals surface area contributed by atoms with E-state index in [0.29, 0.717) is 28.0 Å². The van der Waals surface area contributed by atoms with Crippen molar-refractivity contribution in [1.82, 2.24) is 4.90 Å².